The molecule has 0 unspecified atom stereocenters. The number of halogens is 1. The maximum absolute atomic E-state index is 5.96. The fraction of sp³-hybridized carbons (Fsp3) is 0.182. The SMILES string of the molecule is Cc1cc(N)c(Cl)cc1NCc1ncc[nH]1. The fourth-order valence-corrected chi connectivity index (χ4v) is 1.63. The third-order valence-corrected chi connectivity index (χ3v) is 2.67. The van der Waals surface area contributed by atoms with Gasteiger partial charge in [0.15, 0.2) is 0 Å². The van der Waals surface area contributed by atoms with Gasteiger partial charge in [-0.15, -0.1) is 0 Å². The summed E-state index contributed by atoms with van der Waals surface area (Å²) in [5.74, 6) is 0.882. The predicted molar refractivity (Wildman–Crippen MR) is 66.5 cm³/mol. The second kappa shape index (κ2) is 4.45. The van der Waals surface area contributed by atoms with Crippen molar-refractivity contribution in [2.75, 3.05) is 11.1 Å². The summed E-state index contributed by atoms with van der Waals surface area (Å²) in [6.45, 7) is 2.62. The van der Waals surface area contributed by atoms with Gasteiger partial charge < -0.3 is 16.0 Å². The number of nitrogen functional groups attached to an aromatic ring is 1. The summed E-state index contributed by atoms with van der Waals surface area (Å²) < 4.78 is 0. The zero-order valence-corrected chi connectivity index (χ0v) is 9.67. The summed E-state index contributed by atoms with van der Waals surface area (Å²) in [7, 11) is 0. The number of hydrogen-bond acceptors (Lipinski definition) is 3. The monoisotopic (exact) mass is 236 g/mol. The molecule has 0 aliphatic carbocycles. The van der Waals surface area contributed by atoms with Gasteiger partial charge in [-0.25, -0.2) is 4.98 Å². The number of rotatable bonds is 3. The summed E-state index contributed by atoms with van der Waals surface area (Å²) in [6, 6.07) is 3.68. The minimum Gasteiger partial charge on any atom is -0.398 e. The lowest BCUT2D eigenvalue weighted by atomic mass is 10.2. The van der Waals surface area contributed by atoms with E-state index in [2.05, 4.69) is 15.3 Å². The third kappa shape index (κ3) is 2.28. The summed E-state index contributed by atoms with van der Waals surface area (Å²) >= 11 is 5.96. The molecule has 0 saturated carbocycles. The van der Waals surface area contributed by atoms with Crippen molar-refractivity contribution >= 4 is 23.0 Å². The van der Waals surface area contributed by atoms with Gasteiger partial charge in [0, 0.05) is 18.1 Å². The van der Waals surface area contributed by atoms with Crippen LogP contribution in [0.1, 0.15) is 11.4 Å². The van der Waals surface area contributed by atoms with Gasteiger partial charge >= 0.3 is 0 Å². The molecule has 0 amide bonds. The number of aromatic amines is 1. The minimum absolute atomic E-state index is 0.563. The Morgan fingerprint density at radius 1 is 1.50 bits per heavy atom. The molecular weight excluding hydrogens is 224 g/mol. The van der Waals surface area contributed by atoms with Crippen molar-refractivity contribution < 1.29 is 0 Å². The molecule has 2 aromatic rings. The highest BCUT2D eigenvalue weighted by atomic mass is 35.5. The Labute approximate surface area is 98.8 Å². The second-order valence-corrected chi connectivity index (χ2v) is 3.99. The van der Waals surface area contributed by atoms with E-state index in [9.17, 15) is 0 Å². The lowest BCUT2D eigenvalue weighted by molar-refractivity contribution is 0.998. The van der Waals surface area contributed by atoms with E-state index in [1.165, 1.54) is 0 Å². The first-order valence-corrected chi connectivity index (χ1v) is 5.32. The molecule has 0 fully saturated rings. The molecule has 5 heteroatoms. The lowest BCUT2D eigenvalue weighted by Gasteiger charge is -2.10. The summed E-state index contributed by atoms with van der Waals surface area (Å²) in [4.78, 5) is 7.15. The molecule has 1 aromatic carbocycles. The average molecular weight is 237 g/mol. The molecule has 0 atom stereocenters. The molecule has 16 heavy (non-hydrogen) atoms. The third-order valence-electron chi connectivity index (χ3n) is 2.34. The highest BCUT2D eigenvalue weighted by molar-refractivity contribution is 6.33. The van der Waals surface area contributed by atoms with Crippen molar-refractivity contribution in [2.45, 2.75) is 13.5 Å². The van der Waals surface area contributed by atoms with Crippen LogP contribution in [0, 0.1) is 6.92 Å². The normalized spacial score (nSPS) is 10.4. The molecule has 1 aromatic heterocycles. The highest BCUT2D eigenvalue weighted by Crippen LogP contribution is 2.26. The van der Waals surface area contributed by atoms with Crippen LogP contribution in [0.5, 0.6) is 0 Å². The van der Waals surface area contributed by atoms with Gasteiger partial charge in [0.1, 0.15) is 5.82 Å². The predicted octanol–water partition coefficient (Wildman–Crippen LogP) is 2.57. The van der Waals surface area contributed by atoms with E-state index in [0.29, 0.717) is 17.3 Å². The van der Waals surface area contributed by atoms with E-state index in [1.54, 1.807) is 12.4 Å². The van der Waals surface area contributed by atoms with Gasteiger partial charge in [-0.2, -0.15) is 0 Å². The zero-order valence-electron chi connectivity index (χ0n) is 8.92. The molecule has 0 saturated heterocycles. The van der Waals surface area contributed by atoms with Gasteiger partial charge in [0.25, 0.3) is 0 Å². The quantitative estimate of drug-likeness (QED) is 0.718. The number of nitrogens with two attached hydrogens (primary N) is 1. The van der Waals surface area contributed by atoms with Crippen LogP contribution in [0.4, 0.5) is 11.4 Å². The van der Waals surface area contributed by atoms with Crippen molar-refractivity contribution in [2.24, 2.45) is 0 Å². The molecular formula is C11H13ClN4. The number of aromatic nitrogens is 2. The fourth-order valence-electron chi connectivity index (χ4n) is 1.47. The number of anilines is 2. The van der Waals surface area contributed by atoms with Crippen LogP contribution in [0.2, 0.25) is 5.02 Å². The van der Waals surface area contributed by atoms with Crippen LogP contribution in [0.15, 0.2) is 24.5 Å². The topological polar surface area (TPSA) is 66.7 Å². The van der Waals surface area contributed by atoms with E-state index in [1.807, 2.05) is 19.1 Å². The Bertz CT molecular complexity index is 479. The minimum atomic E-state index is 0.563. The molecule has 4 N–H and O–H groups in total. The molecule has 1 heterocycles. The smallest absolute Gasteiger partial charge is 0.125 e. The van der Waals surface area contributed by atoms with Crippen LogP contribution in [-0.4, -0.2) is 9.97 Å². The van der Waals surface area contributed by atoms with Crippen LogP contribution >= 0.6 is 11.6 Å². The molecule has 0 aliphatic rings. The van der Waals surface area contributed by atoms with Crippen LogP contribution in [0.25, 0.3) is 0 Å². The van der Waals surface area contributed by atoms with E-state index in [0.717, 1.165) is 17.1 Å². The van der Waals surface area contributed by atoms with Crippen LogP contribution in [-0.2, 0) is 6.54 Å². The number of H-pyrrole nitrogens is 1. The van der Waals surface area contributed by atoms with Gasteiger partial charge in [0.05, 0.1) is 17.3 Å². The first-order valence-electron chi connectivity index (χ1n) is 4.94. The Kier molecular flexibility index (Phi) is 3.01. The molecule has 0 bridgehead atoms. The first kappa shape index (κ1) is 10.8. The van der Waals surface area contributed by atoms with Gasteiger partial charge in [-0.1, -0.05) is 11.6 Å². The molecule has 0 spiro atoms. The molecule has 2 rings (SSSR count). The summed E-state index contributed by atoms with van der Waals surface area (Å²) in [5.41, 5.74) is 8.33. The second-order valence-electron chi connectivity index (χ2n) is 3.58. The Morgan fingerprint density at radius 3 is 3.00 bits per heavy atom. The van der Waals surface area contributed by atoms with E-state index < -0.39 is 0 Å². The van der Waals surface area contributed by atoms with Crippen molar-refractivity contribution in [3.63, 3.8) is 0 Å². The summed E-state index contributed by atoms with van der Waals surface area (Å²) in [5, 5.41) is 3.81. The molecule has 0 radical (unpaired) electrons. The van der Waals surface area contributed by atoms with Crippen molar-refractivity contribution in [1.29, 1.82) is 0 Å². The van der Waals surface area contributed by atoms with Crippen LogP contribution < -0.4 is 11.1 Å². The van der Waals surface area contributed by atoms with Crippen molar-refractivity contribution in [3.05, 3.63) is 40.9 Å². The average Bonchev–Trinajstić information content (AvgIpc) is 2.74. The lowest BCUT2D eigenvalue weighted by Crippen LogP contribution is -2.03. The Balaban J connectivity index is 2.12. The van der Waals surface area contributed by atoms with E-state index in [-0.39, 0.29) is 0 Å². The largest absolute Gasteiger partial charge is 0.398 e. The maximum Gasteiger partial charge on any atom is 0.125 e. The van der Waals surface area contributed by atoms with Crippen molar-refractivity contribution in [1.82, 2.24) is 9.97 Å². The Morgan fingerprint density at radius 2 is 2.31 bits per heavy atom. The van der Waals surface area contributed by atoms with Gasteiger partial charge in [-0.3, -0.25) is 0 Å². The molecule has 0 aliphatic heterocycles. The van der Waals surface area contributed by atoms with Gasteiger partial charge in [0.2, 0.25) is 0 Å². The zero-order chi connectivity index (χ0) is 11.5. The highest BCUT2D eigenvalue weighted by Gasteiger charge is 2.03. The first-order chi connectivity index (χ1) is 7.66. The number of aryl methyl sites for hydroxylation is 1. The number of nitrogens with zero attached hydrogens (tertiary/aromatic N) is 1. The van der Waals surface area contributed by atoms with Crippen molar-refractivity contribution in [3.8, 4) is 0 Å². The number of nitrogens with one attached hydrogen (secondary N) is 2. The molecule has 4 nitrogen and oxygen atoms in total. The number of hydrogen-bond donors (Lipinski definition) is 3. The molecule has 84 valence electrons. The number of benzene rings is 1. The van der Waals surface area contributed by atoms with Gasteiger partial charge in [-0.05, 0) is 24.6 Å². The standard InChI is InChI=1S/C11H13ClN4/c1-7-4-9(13)8(12)5-10(7)16-6-11-14-2-3-15-11/h2-5,16H,6,13H2,1H3,(H,14,15). The van der Waals surface area contributed by atoms with E-state index in [4.69, 9.17) is 17.3 Å². The number of imidazole rings is 1. The van der Waals surface area contributed by atoms with Crippen LogP contribution in [0.3, 0.4) is 0 Å². The summed E-state index contributed by atoms with van der Waals surface area (Å²) in [6.07, 6.45) is 3.51. The maximum atomic E-state index is 5.96. The van der Waals surface area contributed by atoms with E-state index >= 15 is 0 Å². The Hall–Kier alpha value is -1.68.